The van der Waals surface area contributed by atoms with Crippen LogP contribution >= 0.6 is 34.5 Å². The fourth-order valence-electron chi connectivity index (χ4n) is 5.85. The molecule has 7 rings (SSSR count). The van der Waals surface area contributed by atoms with Crippen LogP contribution in [0, 0.1) is 0 Å². The normalized spacial score (nSPS) is 14.6. The van der Waals surface area contributed by atoms with E-state index < -0.39 is 12.0 Å². The predicted octanol–water partition coefficient (Wildman–Crippen LogP) is 7.66. The minimum atomic E-state index is -0.916. The zero-order chi connectivity index (χ0) is 32.7. The molecule has 3 heterocycles. The highest BCUT2D eigenvalue weighted by Crippen LogP contribution is 2.42. The number of halogens is 2. The van der Waals surface area contributed by atoms with Gasteiger partial charge in [0.25, 0.3) is 5.56 Å². The van der Waals surface area contributed by atoms with E-state index >= 15 is 0 Å². The first kappa shape index (κ1) is 30.7. The molecule has 0 amide bonds. The average molecular weight is 682 g/mol. The molecule has 6 aromatic rings. The molecule has 10 heteroatoms. The molecule has 1 unspecified atom stereocenters. The Morgan fingerprint density at radius 3 is 2.55 bits per heavy atom. The van der Waals surface area contributed by atoms with E-state index in [0.717, 1.165) is 10.8 Å². The number of aromatic nitrogens is 1. The maximum absolute atomic E-state index is 14.5. The Bertz CT molecular complexity index is 2390. The molecule has 234 valence electrons. The van der Waals surface area contributed by atoms with Gasteiger partial charge in [0.2, 0.25) is 0 Å². The van der Waals surface area contributed by atoms with Crippen LogP contribution in [0.4, 0.5) is 0 Å². The molecule has 0 bridgehead atoms. The van der Waals surface area contributed by atoms with Crippen molar-refractivity contribution in [2.45, 2.75) is 13.0 Å². The number of carbonyl (C=O) groups excluding carboxylic acids is 1. The van der Waals surface area contributed by atoms with Crippen LogP contribution in [0.2, 0.25) is 10.0 Å². The van der Waals surface area contributed by atoms with Gasteiger partial charge in [-0.1, -0.05) is 101 Å². The van der Waals surface area contributed by atoms with E-state index in [2.05, 4.69) is 0 Å². The summed E-state index contributed by atoms with van der Waals surface area (Å²) < 4.78 is 19.6. The van der Waals surface area contributed by atoms with Gasteiger partial charge < -0.3 is 13.9 Å². The lowest BCUT2D eigenvalue weighted by Gasteiger charge is -2.28. The van der Waals surface area contributed by atoms with Crippen molar-refractivity contribution in [3.63, 3.8) is 0 Å². The van der Waals surface area contributed by atoms with Crippen molar-refractivity contribution >= 4 is 63.1 Å². The van der Waals surface area contributed by atoms with Crippen molar-refractivity contribution in [3.8, 4) is 17.1 Å². The Morgan fingerprint density at radius 1 is 0.979 bits per heavy atom. The summed E-state index contributed by atoms with van der Waals surface area (Å²) in [6, 6.07) is 28.9. The molecule has 0 saturated carbocycles. The largest absolute Gasteiger partial charge is 0.496 e. The van der Waals surface area contributed by atoms with E-state index in [-0.39, 0.29) is 17.7 Å². The van der Waals surface area contributed by atoms with Gasteiger partial charge in [-0.2, -0.15) is 0 Å². The third kappa shape index (κ3) is 5.48. The van der Waals surface area contributed by atoms with Crippen LogP contribution in [0.5, 0.6) is 5.75 Å². The van der Waals surface area contributed by atoms with E-state index in [0.29, 0.717) is 59.0 Å². The van der Waals surface area contributed by atoms with Gasteiger partial charge in [-0.3, -0.25) is 9.36 Å². The summed E-state index contributed by atoms with van der Waals surface area (Å²) in [6.07, 6.45) is 1.67. The molecule has 0 radical (unpaired) electrons. The maximum Gasteiger partial charge on any atom is 0.338 e. The molecular weight excluding hydrogens is 655 g/mol. The minimum Gasteiger partial charge on any atom is -0.496 e. The number of methoxy groups -OCH3 is 1. The quantitative estimate of drug-likeness (QED) is 0.162. The molecule has 2 aromatic heterocycles. The molecule has 47 heavy (non-hydrogen) atoms. The van der Waals surface area contributed by atoms with Gasteiger partial charge in [0.05, 0.1) is 39.6 Å². The summed E-state index contributed by atoms with van der Waals surface area (Å²) in [4.78, 5) is 33.8. The number of hydrogen-bond donors (Lipinski definition) is 0. The van der Waals surface area contributed by atoms with Crippen LogP contribution in [-0.2, 0) is 9.53 Å². The van der Waals surface area contributed by atoms with E-state index in [4.69, 9.17) is 42.1 Å². The van der Waals surface area contributed by atoms with Gasteiger partial charge in [0.15, 0.2) is 4.80 Å². The van der Waals surface area contributed by atoms with Crippen molar-refractivity contribution in [1.82, 2.24) is 4.57 Å². The van der Waals surface area contributed by atoms with Crippen molar-refractivity contribution in [1.29, 1.82) is 0 Å². The topological polar surface area (TPSA) is 83.0 Å². The summed E-state index contributed by atoms with van der Waals surface area (Å²) in [7, 11) is 1.57. The first-order valence-corrected chi connectivity index (χ1v) is 16.3. The lowest BCUT2D eigenvalue weighted by molar-refractivity contribution is -0.138. The Morgan fingerprint density at radius 2 is 1.77 bits per heavy atom. The van der Waals surface area contributed by atoms with Crippen LogP contribution in [0.3, 0.4) is 0 Å². The van der Waals surface area contributed by atoms with Crippen molar-refractivity contribution in [3.05, 3.63) is 149 Å². The number of esters is 1. The summed E-state index contributed by atoms with van der Waals surface area (Å²) in [6.45, 7) is 1.89. The Hall–Kier alpha value is -4.89. The smallest absolute Gasteiger partial charge is 0.338 e. The second-order valence-corrected chi connectivity index (χ2v) is 12.4. The predicted molar refractivity (Wildman–Crippen MR) is 186 cm³/mol. The van der Waals surface area contributed by atoms with Crippen molar-refractivity contribution in [2.75, 3.05) is 13.7 Å². The lowest BCUT2D eigenvalue weighted by atomic mass is 9.89. The number of rotatable bonds is 7. The lowest BCUT2D eigenvalue weighted by Crippen LogP contribution is -2.40. The van der Waals surface area contributed by atoms with E-state index in [1.54, 1.807) is 48.9 Å². The highest BCUT2D eigenvalue weighted by Gasteiger charge is 2.37. The summed E-state index contributed by atoms with van der Waals surface area (Å²) in [5, 5.41) is 2.54. The van der Waals surface area contributed by atoms with Gasteiger partial charge in [-0.05, 0) is 48.0 Å². The van der Waals surface area contributed by atoms with E-state index in [1.165, 1.54) is 11.3 Å². The van der Waals surface area contributed by atoms with Gasteiger partial charge in [0, 0.05) is 22.8 Å². The number of furan rings is 1. The van der Waals surface area contributed by atoms with Gasteiger partial charge in [-0.25, -0.2) is 9.79 Å². The number of thiazole rings is 1. The summed E-state index contributed by atoms with van der Waals surface area (Å²) in [5.41, 5.74) is 2.32. The summed E-state index contributed by atoms with van der Waals surface area (Å²) in [5.74, 6) is 0.895. The second-order valence-electron chi connectivity index (χ2n) is 10.6. The van der Waals surface area contributed by atoms with E-state index in [1.807, 2.05) is 72.8 Å². The number of ether oxygens (including phenoxy) is 2. The molecule has 7 nitrogen and oxygen atoms in total. The van der Waals surface area contributed by atoms with Crippen LogP contribution in [-0.4, -0.2) is 24.3 Å². The van der Waals surface area contributed by atoms with Crippen molar-refractivity contribution in [2.24, 2.45) is 4.99 Å². The molecule has 0 aliphatic carbocycles. The Labute approximate surface area is 283 Å². The standard InChI is InChI=1S/C37H26Cl2N2O5S/c1-3-45-36(43)31-33(22-11-5-4-6-12-22)40-37-41(34(31)30-24-13-8-7-10-21(24)16-18-28(30)44-2)35(42)29(47-37)20-23-17-19-27(46-23)25-14-9-15-26(38)32(25)39/h4-20,34H,3H2,1-2H3. The summed E-state index contributed by atoms with van der Waals surface area (Å²) >= 11 is 13.9. The van der Waals surface area contributed by atoms with Crippen molar-refractivity contribution < 1.29 is 18.7 Å². The number of benzene rings is 4. The number of hydrogen-bond acceptors (Lipinski definition) is 7. The fraction of sp³-hybridized carbons (Fsp3) is 0.108. The molecular formula is C37H26Cl2N2O5S. The second kappa shape index (κ2) is 12.7. The minimum absolute atomic E-state index is 0.145. The third-order valence-corrected chi connectivity index (χ3v) is 9.72. The molecule has 0 spiro atoms. The van der Waals surface area contributed by atoms with Gasteiger partial charge in [-0.15, -0.1) is 0 Å². The SMILES string of the molecule is CCOC(=O)C1=C(c2ccccc2)N=c2sc(=Cc3ccc(-c4cccc(Cl)c4Cl)o3)c(=O)n2C1c1c(OC)ccc2ccccc12. The Kier molecular flexibility index (Phi) is 8.32. The maximum atomic E-state index is 14.5. The highest BCUT2D eigenvalue weighted by atomic mass is 35.5. The molecule has 1 aliphatic rings. The molecule has 1 aliphatic heterocycles. The van der Waals surface area contributed by atoms with Crippen LogP contribution in [0.15, 0.2) is 117 Å². The number of fused-ring (bicyclic) bond motifs is 2. The molecule has 1 atom stereocenters. The van der Waals surface area contributed by atoms with Crippen LogP contribution < -0.4 is 19.6 Å². The van der Waals surface area contributed by atoms with Gasteiger partial charge >= 0.3 is 5.97 Å². The molecule has 4 aromatic carbocycles. The highest BCUT2D eigenvalue weighted by molar-refractivity contribution is 7.07. The van der Waals surface area contributed by atoms with Gasteiger partial charge in [0.1, 0.15) is 23.3 Å². The number of nitrogens with zero attached hydrogens (tertiary/aromatic N) is 2. The van der Waals surface area contributed by atoms with Crippen LogP contribution in [0.25, 0.3) is 33.9 Å². The monoisotopic (exact) mass is 680 g/mol. The Balaban J connectivity index is 1.51. The zero-order valence-electron chi connectivity index (χ0n) is 25.2. The van der Waals surface area contributed by atoms with Crippen LogP contribution in [0.1, 0.15) is 29.9 Å². The average Bonchev–Trinajstić information content (AvgIpc) is 3.68. The van der Waals surface area contributed by atoms with E-state index in [9.17, 15) is 9.59 Å². The first-order valence-electron chi connectivity index (χ1n) is 14.8. The molecule has 0 fully saturated rings. The fourth-order valence-corrected chi connectivity index (χ4v) is 7.22. The first-order chi connectivity index (χ1) is 22.9. The number of carbonyl (C=O) groups is 1. The third-order valence-electron chi connectivity index (χ3n) is 7.91. The zero-order valence-corrected chi connectivity index (χ0v) is 27.5. The molecule has 0 N–H and O–H groups in total. The molecule has 0 saturated heterocycles.